The van der Waals surface area contributed by atoms with Gasteiger partial charge in [0.15, 0.2) is 5.65 Å². The van der Waals surface area contributed by atoms with Gasteiger partial charge in [-0.1, -0.05) is 47.5 Å². The molecule has 3 heterocycles. The van der Waals surface area contributed by atoms with Crippen molar-refractivity contribution in [3.05, 3.63) is 76.7 Å². The number of hydrogen-bond acceptors (Lipinski definition) is 5. The third-order valence-electron chi connectivity index (χ3n) is 5.43. The lowest BCUT2D eigenvalue weighted by Gasteiger charge is -2.37. The summed E-state index contributed by atoms with van der Waals surface area (Å²) in [6.07, 6.45) is 3.49. The first kappa shape index (κ1) is 19.2. The van der Waals surface area contributed by atoms with Crippen molar-refractivity contribution in [1.82, 2.24) is 19.7 Å². The normalized spacial score (nSPS) is 14.5. The van der Waals surface area contributed by atoms with Crippen LogP contribution >= 0.6 is 23.2 Å². The molecular weight excluding hydrogens is 419 g/mol. The van der Waals surface area contributed by atoms with Crippen LogP contribution in [0.15, 0.2) is 61.1 Å². The van der Waals surface area contributed by atoms with E-state index >= 15 is 0 Å². The Balaban J connectivity index is 1.36. The minimum atomic E-state index is 0.636. The second-order valence-corrected chi connectivity index (χ2v) is 8.13. The van der Waals surface area contributed by atoms with Crippen molar-refractivity contribution in [1.29, 1.82) is 0 Å². The van der Waals surface area contributed by atoms with E-state index in [0.29, 0.717) is 6.54 Å². The molecule has 1 aliphatic rings. The zero-order chi connectivity index (χ0) is 20.5. The molecule has 0 aliphatic carbocycles. The van der Waals surface area contributed by atoms with Crippen LogP contribution in [0.4, 0.5) is 11.5 Å². The van der Waals surface area contributed by atoms with E-state index in [9.17, 15) is 0 Å². The summed E-state index contributed by atoms with van der Waals surface area (Å²) in [7, 11) is 0. The predicted molar refractivity (Wildman–Crippen MR) is 122 cm³/mol. The van der Waals surface area contributed by atoms with Gasteiger partial charge in [-0.2, -0.15) is 5.10 Å². The summed E-state index contributed by atoms with van der Waals surface area (Å²) >= 11 is 12.4. The number of hydrogen-bond donors (Lipinski definition) is 0. The Morgan fingerprint density at radius 3 is 2.33 bits per heavy atom. The lowest BCUT2D eigenvalue weighted by molar-refractivity contribution is 0.648. The Hall–Kier alpha value is -2.83. The van der Waals surface area contributed by atoms with Crippen molar-refractivity contribution in [2.24, 2.45) is 0 Å². The summed E-state index contributed by atoms with van der Waals surface area (Å²) in [4.78, 5) is 13.7. The summed E-state index contributed by atoms with van der Waals surface area (Å²) in [6, 6.07) is 15.8. The number of nitrogens with zero attached hydrogens (tertiary/aromatic N) is 6. The van der Waals surface area contributed by atoms with Gasteiger partial charge in [0, 0.05) is 31.2 Å². The molecule has 0 spiro atoms. The first-order valence-electron chi connectivity index (χ1n) is 9.84. The van der Waals surface area contributed by atoms with Crippen molar-refractivity contribution in [2.75, 3.05) is 36.0 Å². The third kappa shape index (κ3) is 3.68. The zero-order valence-corrected chi connectivity index (χ0v) is 17.8. The molecule has 2 aromatic heterocycles. The number of aromatic nitrogens is 4. The molecule has 1 saturated heterocycles. The second-order valence-electron chi connectivity index (χ2n) is 7.29. The van der Waals surface area contributed by atoms with Gasteiger partial charge in [0.2, 0.25) is 0 Å². The second kappa shape index (κ2) is 8.13. The number of halogens is 2. The molecule has 30 heavy (non-hydrogen) atoms. The van der Waals surface area contributed by atoms with Crippen LogP contribution < -0.4 is 9.80 Å². The predicted octanol–water partition coefficient (Wildman–Crippen LogP) is 4.51. The van der Waals surface area contributed by atoms with Gasteiger partial charge >= 0.3 is 0 Å². The molecule has 0 bridgehead atoms. The molecule has 0 amide bonds. The summed E-state index contributed by atoms with van der Waals surface area (Å²) in [5.74, 6) is 0.932. The highest BCUT2D eigenvalue weighted by Crippen LogP contribution is 2.29. The molecule has 1 aliphatic heterocycles. The molecule has 0 saturated carbocycles. The van der Waals surface area contributed by atoms with Gasteiger partial charge in [0.25, 0.3) is 0 Å². The molecule has 152 valence electrons. The topological polar surface area (TPSA) is 50.1 Å². The fraction of sp³-hybridized carbons (Fsp3) is 0.227. The molecule has 1 fully saturated rings. The number of fused-ring (bicyclic) bond motifs is 1. The Kier molecular flexibility index (Phi) is 5.19. The lowest BCUT2D eigenvalue weighted by Crippen LogP contribution is -2.47. The van der Waals surface area contributed by atoms with E-state index in [1.807, 2.05) is 53.3 Å². The maximum absolute atomic E-state index is 6.37. The minimum Gasteiger partial charge on any atom is -0.367 e. The van der Waals surface area contributed by atoms with Crippen LogP contribution in [-0.2, 0) is 6.54 Å². The molecule has 0 N–H and O–H groups in total. The van der Waals surface area contributed by atoms with Crippen LogP contribution in [0.5, 0.6) is 0 Å². The van der Waals surface area contributed by atoms with Crippen LogP contribution in [0.2, 0.25) is 10.0 Å². The molecule has 0 radical (unpaired) electrons. The largest absolute Gasteiger partial charge is 0.367 e. The maximum atomic E-state index is 6.37. The van der Waals surface area contributed by atoms with Crippen molar-refractivity contribution in [2.45, 2.75) is 6.54 Å². The van der Waals surface area contributed by atoms with E-state index in [1.165, 1.54) is 0 Å². The maximum Gasteiger partial charge on any atom is 0.163 e. The molecule has 8 heteroatoms. The van der Waals surface area contributed by atoms with Crippen molar-refractivity contribution in [3.8, 4) is 0 Å². The molecular formula is C22H20Cl2N6. The standard InChI is InChI=1S/C22H20Cl2N6/c23-17-7-5-16(6-8-17)14-30-22-18(13-27-30)21(25-15-26-22)29-11-9-28(10-12-29)20-4-2-1-3-19(20)24/h1-8,13,15H,9-12,14H2. The average molecular weight is 439 g/mol. The SMILES string of the molecule is Clc1ccc(Cn2ncc3c(N4CCN(c5ccccc5Cl)CC4)ncnc32)cc1. The molecule has 0 atom stereocenters. The van der Waals surface area contributed by atoms with Crippen molar-refractivity contribution < 1.29 is 0 Å². The zero-order valence-electron chi connectivity index (χ0n) is 16.2. The van der Waals surface area contributed by atoms with Gasteiger partial charge in [-0.25, -0.2) is 14.6 Å². The Labute approximate surface area is 184 Å². The first-order chi connectivity index (χ1) is 14.7. The third-order valence-corrected chi connectivity index (χ3v) is 6.00. The number of anilines is 2. The fourth-order valence-corrected chi connectivity index (χ4v) is 4.26. The lowest BCUT2D eigenvalue weighted by atomic mass is 10.2. The Morgan fingerprint density at radius 1 is 0.833 bits per heavy atom. The van der Waals surface area contributed by atoms with E-state index in [-0.39, 0.29) is 0 Å². The quantitative estimate of drug-likeness (QED) is 0.469. The summed E-state index contributed by atoms with van der Waals surface area (Å²) < 4.78 is 1.91. The van der Waals surface area contributed by atoms with Gasteiger partial charge in [0.05, 0.1) is 28.8 Å². The monoisotopic (exact) mass is 438 g/mol. The number of rotatable bonds is 4. The smallest absolute Gasteiger partial charge is 0.163 e. The van der Waals surface area contributed by atoms with Gasteiger partial charge in [0.1, 0.15) is 12.1 Å². The van der Waals surface area contributed by atoms with Crippen molar-refractivity contribution >= 4 is 45.7 Å². The van der Waals surface area contributed by atoms with Gasteiger partial charge < -0.3 is 9.80 Å². The van der Waals surface area contributed by atoms with Crippen LogP contribution in [0.25, 0.3) is 11.0 Å². The van der Waals surface area contributed by atoms with E-state index in [4.69, 9.17) is 23.2 Å². The van der Waals surface area contributed by atoms with Gasteiger partial charge in [-0.05, 0) is 29.8 Å². The van der Waals surface area contributed by atoms with E-state index in [2.05, 4.69) is 30.9 Å². The fourth-order valence-electron chi connectivity index (χ4n) is 3.88. The number of para-hydroxylation sites is 1. The molecule has 2 aromatic carbocycles. The first-order valence-corrected chi connectivity index (χ1v) is 10.6. The highest BCUT2D eigenvalue weighted by molar-refractivity contribution is 6.33. The summed E-state index contributed by atoms with van der Waals surface area (Å²) in [5, 5.41) is 7.06. The Morgan fingerprint density at radius 2 is 1.57 bits per heavy atom. The summed E-state index contributed by atoms with van der Waals surface area (Å²) in [6.45, 7) is 4.12. The number of piperazine rings is 1. The molecule has 4 aromatic rings. The van der Waals surface area contributed by atoms with Crippen LogP contribution in [0.1, 0.15) is 5.56 Å². The molecule has 0 unspecified atom stereocenters. The van der Waals surface area contributed by atoms with E-state index < -0.39 is 0 Å². The highest BCUT2D eigenvalue weighted by atomic mass is 35.5. The van der Waals surface area contributed by atoms with Gasteiger partial charge in [-0.3, -0.25) is 0 Å². The number of benzene rings is 2. The van der Waals surface area contributed by atoms with Crippen LogP contribution in [0, 0.1) is 0 Å². The van der Waals surface area contributed by atoms with Crippen LogP contribution in [0.3, 0.4) is 0 Å². The van der Waals surface area contributed by atoms with E-state index in [0.717, 1.165) is 64.3 Å². The van der Waals surface area contributed by atoms with E-state index in [1.54, 1.807) is 6.33 Å². The average Bonchev–Trinajstić information content (AvgIpc) is 3.19. The molecule has 5 rings (SSSR count). The minimum absolute atomic E-state index is 0.636. The molecule has 6 nitrogen and oxygen atoms in total. The highest BCUT2D eigenvalue weighted by Gasteiger charge is 2.22. The Bertz CT molecular complexity index is 1170. The van der Waals surface area contributed by atoms with Gasteiger partial charge in [-0.15, -0.1) is 0 Å². The van der Waals surface area contributed by atoms with Crippen molar-refractivity contribution in [3.63, 3.8) is 0 Å². The summed E-state index contributed by atoms with van der Waals surface area (Å²) in [5.41, 5.74) is 3.05. The van der Waals surface area contributed by atoms with Crippen LogP contribution in [-0.4, -0.2) is 45.9 Å².